The SMILES string of the molecule is O=C(O)[C@@H]1CN(c2ccnc3cnccc23)C[C@H]1C(F)(F)F. The van der Waals surface area contributed by atoms with Crippen molar-refractivity contribution in [2.75, 3.05) is 18.0 Å². The van der Waals surface area contributed by atoms with Crippen LogP contribution in [-0.4, -0.2) is 40.3 Å². The Morgan fingerprint density at radius 3 is 2.68 bits per heavy atom. The predicted molar refractivity (Wildman–Crippen MR) is 72.4 cm³/mol. The highest BCUT2D eigenvalue weighted by atomic mass is 19.4. The molecule has 0 amide bonds. The molecule has 1 aliphatic heterocycles. The third kappa shape index (κ3) is 2.44. The highest BCUT2D eigenvalue weighted by Crippen LogP contribution is 2.40. The smallest absolute Gasteiger partial charge is 0.394 e. The van der Waals surface area contributed by atoms with E-state index in [-0.39, 0.29) is 13.1 Å². The maximum absolute atomic E-state index is 13.1. The lowest BCUT2D eigenvalue weighted by atomic mass is 9.96. The van der Waals surface area contributed by atoms with Gasteiger partial charge in [0.25, 0.3) is 0 Å². The molecule has 1 N–H and O–H groups in total. The second kappa shape index (κ2) is 5.11. The third-order valence-electron chi connectivity index (χ3n) is 3.92. The Bertz CT molecular complexity index is 715. The summed E-state index contributed by atoms with van der Waals surface area (Å²) < 4.78 is 39.2. The van der Waals surface area contributed by atoms with Crippen LogP contribution in [0.15, 0.2) is 30.7 Å². The second-order valence-corrected chi connectivity index (χ2v) is 5.22. The van der Waals surface area contributed by atoms with Crippen molar-refractivity contribution in [3.8, 4) is 0 Å². The van der Waals surface area contributed by atoms with Crippen LogP contribution in [0.25, 0.3) is 10.9 Å². The fraction of sp³-hybridized carbons (Fsp3) is 0.357. The molecule has 1 aliphatic rings. The molecule has 1 fully saturated rings. The van der Waals surface area contributed by atoms with E-state index in [4.69, 9.17) is 5.11 Å². The Hall–Kier alpha value is -2.38. The van der Waals surface area contributed by atoms with E-state index >= 15 is 0 Å². The number of hydrogen-bond acceptors (Lipinski definition) is 4. The summed E-state index contributed by atoms with van der Waals surface area (Å²) in [4.78, 5) is 20.6. The van der Waals surface area contributed by atoms with E-state index in [9.17, 15) is 18.0 Å². The van der Waals surface area contributed by atoms with Crippen LogP contribution in [0.5, 0.6) is 0 Å². The van der Waals surface area contributed by atoms with E-state index in [0.717, 1.165) is 0 Å². The first-order valence-electron chi connectivity index (χ1n) is 6.61. The number of aliphatic carboxylic acids is 1. The third-order valence-corrected chi connectivity index (χ3v) is 3.92. The zero-order valence-corrected chi connectivity index (χ0v) is 11.3. The highest BCUT2D eigenvalue weighted by molar-refractivity contribution is 5.91. The van der Waals surface area contributed by atoms with Gasteiger partial charge in [0, 0.05) is 36.6 Å². The Morgan fingerprint density at radius 1 is 1.27 bits per heavy atom. The molecule has 0 bridgehead atoms. The molecule has 2 atom stereocenters. The molecule has 0 radical (unpaired) electrons. The Balaban J connectivity index is 2.00. The second-order valence-electron chi connectivity index (χ2n) is 5.22. The largest absolute Gasteiger partial charge is 0.481 e. The minimum atomic E-state index is -4.54. The Labute approximate surface area is 123 Å². The number of carbonyl (C=O) groups is 1. The van der Waals surface area contributed by atoms with E-state index in [1.54, 1.807) is 12.1 Å². The van der Waals surface area contributed by atoms with Gasteiger partial charge in [0.1, 0.15) is 0 Å². The van der Waals surface area contributed by atoms with Gasteiger partial charge in [-0.15, -0.1) is 0 Å². The van der Waals surface area contributed by atoms with Gasteiger partial charge in [-0.2, -0.15) is 13.2 Å². The molecule has 3 heterocycles. The summed E-state index contributed by atoms with van der Waals surface area (Å²) >= 11 is 0. The first-order valence-corrected chi connectivity index (χ1v) is 6.61. The molecule has 116 valence electrons. The van der Waals surface area contributed by atoms with Crippen LogP contribution in [0.2, 0.25) is 0 Å². The van der Waals surface area contributed by atoms with Gasteiger partial charge in [0.05, 0.1) is 23.5 Å². The van der Waals surface area contributed by atoms with Gasteiger partial charge < -0.3 is 10.0 Å². The molecular weight excluding hydrogens is 299 g/mol. The predicted octanol–water partition coefficient (Wildman–Crippen LogP) is 2.33. The zero-order chi connectivity index (χ0) is 15.9. The highest BCUT2D eigenvalue weighted by Gasteiger charge is 2.52. The number of alkyl halides is 3. The van der Waals surface area contributed by atoms with Crippen molar-refractivity contribution in [1.82, 2.24) is 9.97 Å². The minimum absolute atomic E-state index is 0.180. The number of hydrogen-bond donors (Lipinski definition) is 1. The standard InChI is InChI=1S/C14H12F3N3O2/c15-14(16,17)10-7-20(6-9(10)13(21)22)12-2-4-19-11-5-18-3-1-8(11)12/h1-5,9-10H,6-7H2,(H,21,22)/t9-,10-/m1/s1. The number of nitrogens with zero attached hydrogens (tertiary/aromatic N) is 3. The summed E-state index contributed by atoms with van der Waals surface area (Å²) in [5, 5.41) is 9.73. The first-order chi connectivity index (χ1) is 10.4. The molecule has 0 aliphatic carbocycles. The zero-order valence-electron chi connectivity index (χ0n) is 11.3. The molecule has 3 rings (SSSR count). The summed E-state index contributed by atoms with van der Waals surface area (Å²) in [5.74, 6) is -4.77. The first kappa shape index (κ1) is 14.6. The molecule has 0 unspecified atom stereocenters. The maximum Gasteiger partial charge on any atom is 0.394 e. The van der Waals surface area contributed by atoms with E-state index in [0.29, 0.717) is 16.6 Å². The molecule has 2 aromatic rings. The van der Waals surface area contributed by atoms with Gasteiger partial charge in [0.15, 0.2) is 0 Å². The molecule has 0 saturated carbocycles. The van der Waals surface area contributed by atoms with Crippen molar-refractivity contribution >= 4 is 22.6 Å². The summed E-state index contributed by atoms with van der Waals surface area (Å²) in [7, 11) is 0. The molecular formula is C14H12F3N3O2. The Kier molecular flexibility index (Phi) is 3.38. The summed E-state index contributed by atoms with van der Waals surface area (Å²) in [6.07, 6.45) is -0.0113. The van der Waals surface area contributed by atoms with Crippen LogP contribution in [0.1, 0.15) is 0 Å². The fourth-order valence-electron chi connectivity index (χ4n) is 2.84. The van der Waals surface area contributed by atoms with Crippen molar-refractivity contribution in [2.45, 2.75) is 6.18 Å². The van der Waals surface area contributed by atoms with Crippen LogP contribution in [0.4, 0.5) is 18.9 Å². The number of halogens is 3. The Morgan fingerprint density at radius 2 is 2.05 bits per heavy atom. The normalized spacial score (nSPS) is 22.2. The molecule has 0 spiro atoms. The van der Waals surface area contributed by atoms with Gasteiger partial charge in [-0.05, 0) is 12.1 Å². The van der Waals surface area contributed by atoms with Gasteiger partial charge in [-0.1, -0.05) is 0 Å². The molecule has 5 nitrogen and oxygen atoms in total. The minimum Gasteiger partial charge on any atom is -0.481 e. The summed E-state index contributed by atoms with van der Waals surface area (Å²) in [6, 6.07) is 3.26. The van der Waals surface area contributed by atoms with Crippen LogP contribution >= 0.6 is 0 Å². The molecule has 22 heavy (non-hydrogen) atoms. The number of carboxylic acids is 1. The fourth-order valence-corrected chi connectivity index (χ4v) is 2.84. The quantitative estimate of drug-likeness (QED) is 0.922. The van der Waals surface area contributed by atoms with Gasteiger partial charge in [-0.25, -0.2) is 0 Å². The van der Waals surface area contributed by atoms with Crippen molar-refractivity contribution in [3.05, 3.63) is 30.7 Å². The molecule has 1 saturated heterocycles. The number of rotatable bonds is 2. The van der Waals surface area contributed by atoms with E-state index < -0.39 is 24.0 Å². The topological polar surface area (TPSA) is 66.3 Å². The average molecular weight is 311 g/mol. The van der Waals surface area contributed by atoms with Gasteiger partial charge in [0.2, 0.25) is 0 Å². The monoisotopic (exact) mass is 311 g/mol. The number of anilines is 1. The van der Waals surface area contributed by atoms with Crippen molar-refractivity contribution in [3.63, 3.8) is 0 Å². The molecule has 2 aromatic heterocycles. The molecule has 8 heteroatoms. The van der Waals surface area contributed by atoms with Crippen LogP contribution in [0.3, 0.4) is 0 Å². The van der Waals surface area contributed by atoms with Crippen LogP contribution in [-0.2, 0) is 4.79 Å². The van der Waals surface area contributed by atoms with E-state index in [2.05, 4.69) is 9.97 Å². The lowest BCUT2D eigenvalue weighted by molar-refractivity contribution is -0.187. The van der Waals surface area contributed by atoms with Gasteiger partial charge in [-0.3, -0.25) is 14.8 Å². The number of pyridine rings is 2. The lowest BCUT2D eigenvalue weighted by Gasteiger charge is -2.20. The van der Waals surface area contributed by atoms with E-state index in [1.165, 1.54) is 23.5 Å². The summed E-state index contributed by atoms with van der Waals surface area (Å²) in [5.41, 5.74) is 1.10. The van der Waals surface area contributed by atoms with Crippen molar-refractivity contribution in [2.24, 2.45) is 11.8 Å². The molecule has 0 aromatic carbocycles. The lowest BCUT2D eigenvalue weighted by Crippen LogP contribution is -2.33. The average Bonchev–Trinajstić information content (AvgIpc) is 2.92. The summed E-state index contributed by atoms with van der Waals surface area (Å²) in [6.45, 7) is -0.553. The van der Waals surface area contributed by atoms with Crippen LogP contribution < -0.4 is 4.90 Å². The van der Waals surface area contributed by atoms with Crippen LogP contribution in [0, 0.1) is 11.8 Å². The number of carboxylic acid groups (broad SMARTS) is 1. The number of fused-ring (bicyclic) bond motifs is 1. The number of aromatic nitrogens is 2. The van der Waals surface area contributed by atoms with Crippen molar-refractivity contribution < 1.29 is 23.1 Å². The van der Waals surface area contributed by atoms with Crippen molar-refractivity contribution in [1.29, 1.82) is 0 Å². The van der Waals surface area contributed by atoms with Gasteiger partial charge >= 0.3 is 12.1 Å². The maximum atomic E-state index is 13.1. The van der Waals surface area contributed by atoms with E-state index in [1.807, 2.05) is 0 Å².